The summed E-state index contributed by atoms with van der Waals surface area (Å²) in [7, 11) is 0. The SMILES string of the molecule is CCOC(=O)c1nc(C(F)(F)F)cc(OC(F)(F)F)c1CN. The van der Waals surface area contributed by atoms with Crippen molar-refractivity contribution in [2.75, 3.05) is 6.61 Å². The van der Waals surface area contributed by atoms with E-state index in [2.05, 4.69) is 14.5 Å². The maximum atomic E-state index is 12.7. The van der Waals surface area contributed by atoms with E-state index in [1.165, 1.54) is 6.92 Å². The minimum Gasteiger partial charge on any atom is -0.461 e. The molecule has 0 amide bonds. The minimum absolute atomic E-state index is 0.0262. The lowest BCUT2D eigenvalue weighted by atomic mass is 10.1. The first-order chi connectivity index (χ1) is 9.99. The second kappa shape index (κ2) is 6.38. The lowest BCUT2D eigenvalue weighted by Crippen LogP contribution is -2.23. The van der Waals surface area contributed by atoms with Crippen LogP contribution in [0.1, 0.15) is 28.7 Å². The van der Waals surface area contributed by atoms with Crippen molar-refractivity contribution in [2.45, 2.75) is 26.0 Å². The van der Waals surface area contributed by atoms with E-state index < -0.39 is 47.8 Å². The number of carbonyl (C=O) groups excluding carboxylic acids is 1. The van der Waals surface area contributed by atoms with E-state index in [4.69, 9.17) is 5.73 Å². The molecule has 22 heavy (non-hydrogen) atoms. The fourth-order valence-electron chi connectivity index (χ4n) is 1.47. The van der Waals surface area contributed by atoms with E-state index in [1.54, 1.807) is 0 Å². The molecule has 1 heterocycles. The van der Waals surface area contributed by atoms with Crippen LogP contribution in [0.15, 0.2) is 6.07 Å². The van der Waals surface area contributed by atoms with Gasteiger partial charge in [-0.3, -0.25) is 0 Å². The number of ether oxygens (including phenoxy) is 2. The number of pyridine rings is 1. The van der Waals surface area contributed by atoms with Crippen LogP contribution in [0.2, 0.25) is 0 Å². The van der Waals surface area contributed by atoms with Gasteiger partial charge in [-0.1, -0.05) is 0 Å². The Morgan fingerprint density at radius 3 is 2.27 bits per heavy atom. The lowest BCUT2D eigenvalue weighted by Gasteiger charge is -2.17. The second-order valence-corrected chi connectivity index (χ2v) is 3.80. The third-order valence-corrected chi connectivity index (χ3v) is 2.27. The maximum absolute atomic E-state index is 12.7. The molecule has 0 atom stereocenters. The topological polar surface area (TPSA) is 74.4 Å². The molecule has 0 aliphatic heterocycles. The quantitative estimate of drug-likeness (QED) is 0.678. The first-order valence-electron chi connectivity index (χ1n) is 5.73. The highest BCUT2D eigenvalue weighted by molar-refractivity contribution is 5.89. The average Bonchev–Trinajstić information content (AvgIpc) is 2.35. The van der Waals surface area contributed by atoms with Gasteiger partial charge in [0.25, 0.3) is 0 Å². The van der Waals surface area contributed by atoms with Crippen LogP contribution in [0.3, 0.4) is 0 Å². The molecule has 11 heteroatoms. The van der Waals surface area contributed by atoms with Crippen LogP contribution < -0.4 is 10.5 Å². The number of nitrogens with two attached hydrogens (primary N) is 1. The molecule has 0 bridgehead atoms. The highest BCUT2D eigenvalue weighted by atomic mass is 19.4. The number of carbonyl (C=O) groups is 1. The standard InChI is InChI=1S/C11H10F6N2O3/c1-2-21-9(20)8-5(4-18)6(22-11(15,16)17)3-7(19-8)10(12,13)14/h3H,2,4,18H2,1H3. The molecule has 0 aromatic carbocycles. The molecule has 0 spiro atoms. The van der Waals surface area contributed by atoms with Crippen LogP contribution in [0, 0.1) is 0 Å². The average molecular weight is 332 g/mol. The monoisotopic (exact) mass is 332 g/mol. The molecule has 0 aliphatic rings. The van der Waals surface area contributed by atoms with Gasteiger partial charge in [0.15, 0.2) is 5.69 Å². The fraction of sp³-hybridized carbons (Fsp3) is 0.455. The largest absolute Gasteiger partial charge is 0.573 e. The van der Waals surface area contributed by atoms with Gasteiger partial charge in [0.05, 0.1) is 6.61 Å². The second-order valence-electron chi connectivity index (χ2n) is 3.80. The number of aromatic nitrogens is 1. The van der Waals surface area contributed by atoms with Gasteiger partial charge < -0.3 is 15.2 Å². The Bertz CT molecular complexity index is 556. The molecule has 5 nitrogen and oxygen atoms in total. The van der Waals surface area contributed by atoms with Gasteiger partial charge in [0, 0.05) is 18.2 Å². The number of hydrogen-bond acceptors (Lipinski definition) is 5. The Kier molecular flexibility index (Phi) is 5.22. The van der Waals surface area contributed by atoms with Crippen LogP contribution in [0.5, 0.6) is 5.75 Å². The summed E-state index contributed by atoms with van der Waals surface area (Å²) in [5.41, 5.74) is 1.85. The predicted molar refractivity (Wildman–Crippen MR) is 59.8 cm³/mol. The molecule has 0 saturated carbocycles. The summed E-state index contributed by atoms with van der Waals surface area (Å²) in [4.78, 5) is 14.6. The van der Waals surface area contributed by atoms with Gasteiger partial charge in [-0.15, -0.1) is 13.2 Å². The number of hydrogen-bond donors (Lipinski definition) is 1. The molecule has 1 rings (SSSR count). The zero-order chi connectivity index (χ0) is 17.1. The molecule has 0 radical (unpaired) electrons. The highest BCUT2D eigenvalue weighted by Crippen LogP contribution is 2.35. The van der Waals surface area contributed by atoms with Gasteiger partial charge in [0.2, 0.25) is 0 Å². The molecule has 0 saturated heterocycles. The van der Waals surface area contributed by atoms with Crippen LogP contribution in [-0.2, 0) is 17.5 Å². The molecule has 124 valence electrons. The number of rotatable bonds is 4. The maximum Gasteiger partial charge on any atom is 0.573 e. The summed E-state index contributed by atoms with van der Waals surface area (Å²) in [6.07, 6.45) is -10.3. The summed E-state index contributed by atoms with van der Waals surface area (Å²) in [5.74, 6) is -2.58. The summed E-state index contributed by atoms with van der Waals surface area (Å²) in [5, 5.41) is 0. The van der Waals surface area contributed by atoms with Gasteiger partial charge in [-0.05, 0) is 6.92 Å². The number of halogens is 6. The highest BCUT2D eigenvalue weighted by Gasteiger charge is 2.38. The minimum atomic E-state index is -5.26. The Labute approximate surface area is 120 Å². The Balaban J connectivity index is 3.52. The van der Waals surface area contributed by atoms with Crippen molar-refractivity contribution in [3.63, 3.8) is 0 Å². The number of nitrogens with zero attached hydrogens (tertiary/aromatic N) is 1. The molecule has 1 aromatic heterocycles. The Morgan fingerprint density at radius 1 is 1.27 bits per heavy atom. The third-order valence-electron chi connectivity index (χ3n) is 2.27. The molecular formula is C11H10F6N2O3. The number of esters is 1. The summed E-state index contributed by atoms with van der Waals surface area (Å²) < 4.78 is 82.9. The number of alkyl halides is 6. The predicted octanol–water partition coefficient (Wildman–Crippen LogP) is 2.63. The zero-order valence-corrected chi connectivity index (χ0v) is 11.0. The van der Waals surface area contributed by atoms with E-state index in [-0.39, 0.29) is 12.7 Å². The molecule has 0 aliphatic carbocycles. The van der Waals surface area contributed by atoms with E-state index in [1.807, 2.05) is 0 Å². The normalized spacial score (nSPS) is 12.2. The van der Waals surface area contributed by atoms with Crippen molar-refractivity contribution >= 4 is 5.97 Å². The lowest BCUT2D eigenvalue weighted by molar-refractivity contribution is -0.275. The molecule has 0 unspecified atom stereocenters. The molecule has 0 fully saturated rings. The van der Waals surface area contributed by atoms with E-state index in [0.717, 1.165) is 0 Å². The Morgan fingerprint density at radius 2 is 1.86 bits per heavy atom. The Hall–Kier alpha value is -2.04. The molecule has 2 N–H and O–H groups in total. The summed E-state index contributed by atoms with van der Waals surface area (Å²) in [6, 6.07) is 0.0262. The van der Waals surface area contributed by atoms with Crippen molar-refractivity contribution in [1.82, 2.24) is 4.98 Å². The van der Waals surface area contributed by atoms with Crippen LogP contribution in [0.4, 0.5) is 26.3 Å². The zero-order valence-electron chi connectivity index (χ0n) is 11.0. The van der Waals surface area contributed by atoms with Crippen LogP contribution in [0.25, 0.3) is 0 Å². The van der Waals surface area contributed by atoms with Gasteiger partial charge in [-0.25, -0.2) is 9.78 Å². The van der Waals surface area contributed by atoms with Crippen molar-refractivity contribution in [2.24, 2.45) is 5.73 Å². The third kappa shape index (κ3) is 4.48. The van der Waals surface area contributed by atoms with Crippen molar-refractivity contribution in [3.05, 3.63) is 23.0 Å². The molecule has 1 aromatic rings. The fourth-order valence-corrected chi connectivity index (χ4v) is 1.47. The van der Waals surface area contributed by atoms with Crippen LogP contribution >= 0.6 is 0 Å². The van der Waals surface area contributed by atoms with E-state index in [9.17, 15) is 31.1 Å². The van der Waals surface area contributed by atoms with Crippen molar-refractivity contribution < 1.29 is 40.6 Å². The van der Waals surface area contributed by atoms with Gasteiger partial charge >= 0.3 is 18.5 Å². The van der Waals surface area contributed by atoms with Gasteiger partial charge in [-0.2, -0.15) is 13.2 Å². The van der Waals surface area contributed by atoms with Crippen molar-refractivity contribution in [3.8, 4) is 5.75 Å². The van der Waals surface area contributed by atoms with E-state index in [0.29, 0.717) is 0 Å². The smallest absolute Gasteiger partial charge is 0.461 e. The van der Waals surface area contributed by atoms with Gasteiger partial charge in [0.1, 0.15) is 11.4 Å². The summed E-state index contributed by atoms with van der Waals surface area (Å²) >= 11 is 0. The van der Waals surface area contributed by atoms with Crippen molar-refractivity contribution in [1.29, 1.82) is 0 Å². The van der Waals surface area contributed by atoms with E-state index >= 15 is 0 Å². The summed E-state index contributed by atoms with van der Waals surface area (Å²) in [6.45, 7) is 0.446. The van der Waals surface area contributed by atoms with Crippen LogP contribution in [-0.4, -0.2) is 23.9 Å². The first-order valence-corrected chi connectivity index (χ1v) is 5.73. The first kappa shape index (κ1) is 18.0. The molecular weight excluding hydrogens is 322 g/mol.